The molecule has 0 bridgehead atoms. The number of hydrogen-bond donors (Lipinski definition) is 2. The Labute approximate surface area is 86.2 Å². The van der Waals surface area contributed by atoms with Gasteiger partial charge in [0.25, 0.3) is 0 Å². The minimum absolute atomic E-state index is 0.204. The van der Waals surface area contributed by atoms with Crippen molar-refractivity contribution in [2.24, 2.45) is 0 Å². The summed E-state index contributed by atoms with van der Waals surface area (Å²) in [5, 5.41) is 24.6. The second kappa shape index (κ2) is 6.38. The van der Waals surface area contributed by atoms with Crippen molar-refractivity contribution in [2.45, 2.75) is 13.3 Å². The number of phenolic OH excluding ortho intramolecular Hbond substituents is 1. The molecule has 1 aromatic carbocycles. The van der Waals surface area contributed by atoms with Gasteiger partial charge in [-0.2, -0.15) is 5.26 Å². The maximum atomic E-state index is 12.4. The molecular formula is C10H10FNO3. The van der Waals surface area contributed by atoms with Crippen LogP contribution in [0, 0.1) is 17.1 Å². The summed E-state index contributed by atoms with van der Waals surface area (Å²) >= 11 is 0. The quantitative estimate of drug-likeness (QED) is 0.743. The minimum Gasteiger partial charge on any atom is -0.505 e. The van der Waals surface area contributed by atoms with Crippen molar-refractivity contribution in [1.82, 2.24) is 0 Å². The van der Waals surface area contributed by atoms with Crippen LogP contribution in [0.15, 0.2) is 18.2 Å². The Balaban J connectivity index is 0.000000336. The third kappa shape index (κ3) is 5.26. The van der Waals surface area contributed by atoms with Gasteiger partial charge >= 0.3 is 5.97 Å². The van der Waals surface area contributed by atoms with E-state index in [9.17, 15) is 9.18 Å². The van der Waals surface area contributed by atoms with E-state index in [4.69, 9.17) is 15.5 Å². The molecule has 0 atom stereocenters. The van der Waals surface area contributed by atoms with Gasteiger partial charge in [0, 0.05) is 6.42 Å². The number of halogens is 1. The van der Waals surface area contributed by atoms with Gasteiger partial charge in [-0.1, -0.05) is 6.92 Å². The van der Waals surface area contributed by atoms with Crippen LogP contribution in [0.1, 0.15) is 18.9 Å². The van der Waals surface area contributed by atoms with Gasteiger partial charge in [0.2, 0.25) is 0 Å². The Morgan fingerprint density at radius 1 is 1.60 bits per heavy atom. The first kappa shape index (κ1) is 12.9. The van der Waals surface area contributed by atoms with E-state index >= 15 is 0 Å². The summed E-state index contributed by atoms with van der Waals surface area (Å²) in [6.07, 6.45) is 0.222. The Morgan fingerprint density at radius 2 is 2.13 bits per heavy atom. The monoisotopic (exact) mass is 211 g/mol. The molecule has 0 radical (unpaired) electrons. The van der Waals surface area contributed by atoms with Crippen molar-refractivity contribution in [3.63, 3.8) is 0 Å². The topological polar surface area (TPSA) is 81.3 Å². The lowest BCUT2D eigenvalue weighted by molar-refractivity contribution is -0.136. The van der Waals surface area contributed by atoms with Gasteiger partial charge in [-0.3, -0.25) is 4.79 Å². The fourth-order valence-corrected chi connectivity index (χ4v) is 0.576. The van der Waals surface area contributed by atoms with Crippen molar-refractivity contribution in [3.8, 4) is 11.8 Å². The number of carboxylic acids is 1. The van der Waals surface area contributed by atoms with Crippen molar-refractivity contribution >= 4 is 5.97 Å². The molecule has 0 heterocycles. The summed E-state index contributed by atoms with van der Waals surface area (Å²) in [6, 6.07) is 5.22. The number of aliphatic carboxylic acids is 1. The summed E-state index contributed by atoms with van der Waals surface area (Å²) in [7, 11) is 0. The van der Waals surface area contributed by atoms with E-state index in [1.165, 1.54) is 6.07 Å². The fraction of sp³-hybridized carbons (Fsp3) is 0.200. The van der Waals surface area contributed by atoms with E-state index in [1.54, 1.807) is 13.0 Å². The van der Waals surface area contributed by atoms with Crippen LogP contribution in [0.2, 0.25) is 0 Å². The highest BCUT2D eigenvalue weighted by atomic mass is 19.1. The van der Waals surface area contributed by atoms with E-state index in [1.807, 2.05) is 0 Å². The van der Waals surface area contributed by atoms with Crippen LogP contribution in [0.25, 0.3) is 0 Å². The average molecular weight is 211 g/mol. The lowest BCUT2D eigenvalue weighted by Crippen LogP contribution is -1.86. The SMILES string of the molecule is CCC(=O)O.N#Cc1ccc(O)c(F)c1. The van der Waals surface area contributed by atoms with Gasteiger partial charge in [-0.05, 0) is 18.2 Å². The molecule has 1 aromatic rings. The highest BCUT2D eigenvalue weighted by Crippen LogP contribution is 2.14. The third-order valence-corrected chi connectivity index (χ3v) is 1.38. The number of hydrogen-bond acceptors (Lipinski definition) is 3. The van der Waals surface area contributed by atoms with E-state index in [-0.39, 0.29) is 12.0 Å². The largest absolute Gasteiger partial charge is 0.505 e. The van der Waals surface area contributed by atoms with Gasteiger partial charge in [0.05, 0.1) is 11.6 Å². The van der Waals surface area contributed by atoms with E-state index in [0.717, 1.165) is 12.1 Å². The lowest BCUT2D eigenvalue weighted by Gasteiger charge is -1.92. The summed E-state index contributed by atoms with van der Waals surface area (Å²) in [6.45, 7) is 1.60. The molecule has 0 aliphatic heterocycles. The van der Waals surface area contributed by atoms with E-state index in [0.29, 0.717) is 0 Å². The van der Waals surface area contributed by atoms with Crippen LogP contribution in [-0.2, 0) is 4.79 Å². The molecule has 0 aliphatic carbocycles. The molecule has 0 unspecified atom stereocenters. The molecule has 5 heteroatoms. The minimum atomic E-state index is -0.765. The van der Waals surface area contributed by atoms with Gasteiger partial charge in [0.1, 0.15) is 0 Å². The molecule has 4 nitrogen and oxygen atoms in total. The zero-order valence-electron chi connectivity index (χ0n) is 8.07. The number of carboxylic acid groups (broad SMARTS) is 1. The zero-order valence-corrected chi connectivity index (χ0v) is 8.07. The van der Waals surface area contributed by atoms with Crippen molar-refractivity contribution < 1.29 is 19.4 Å². The first-order valence-electron chi connectivity index (χ1n) is 4.11. The predicted octanol–water partition coefficient (Wildman–Crippen LogP) is 1.88. The Bertz CT molecular complexity index is 385. The second-order valence-corrected chi connectivity index (χ2v) is 2.53. The summed E-state index contributed by atoms with van der Waals surface area (Å²) in [4.78, 5) is 9.37. The number of benzene rings is 1. The molecule has 0 fully saturated rings. The highest BCUT2D eigenvalue weighted by Gasteiger charge is 1.98. The van der Waals surface area contributed by atoms with Crippen LogP contribution < -0.4 is 0 Å². The number of nitrogens with zero attached hydrogens (tertiary/aromatic N) is 1. The second-order valence-electron chi connectivity index (χ2n) is 2.53. The van der Waals surface area contributed by atoms with Crippen molar-refractivity contribution in [2.75, 3.05) is 0 Å². The summed E-state index contributed by atoms with van der Waals surface area (Å²) < 4.78 is 12.4. The molecule has 0 aliphatic rings. The Morgan fingerprint density at radius 3 is 2.47 bits per heavy atom. The number of nitriles is 1. The van der Waals surface area contributed by atoms with Crippen LogP contribution in [-0.4, -0.2) is 16.2 Å². The van der Waals surface area contributed by atoms with Crippen LogP contribution in [0.3, 0.4) is 0 Å². The Hall–Kier alpha value is -2.09. The van der Waals surface area contributed by atoms with Gasteiger partial charge in [0.15, 0.2) is 11.6 Å². The van der Waals surface area contributed by atoms with E-state index < -0.39 is 17.5 Å². The standard InChI is InChI=1S/C7H4FNO.C3H6O2/c8-6-3-5(4-9)1-2-7(6)10;1-2-3(4)5/h1-3,10H;2H2,1H3,(H,4,5). The molecule has 0 spiro atoms. The molecule has 80 valence electrons. The molecule has 2 N–H and O–H groups in total. The molecule has 1 rings (SSSR count). The van der Waals surface area contributed by atoms with Crippen LogP contribution in [0.4, 0.5) is 4.39 Å². The van der Waals surface area contributed by atoms with Gasteiger partial charge < -0.3 is 10.2 Å². The average Bonchev–Trinajstić information content (AvgIpc) is 2.23. The van der Waals surface area contributed by atoms with E-state index in [2.05, 4.69) is 0 Å². The number of phenols is 1. The summed E-state index contributed by atoms with van der Waals surface area (Å²) in [5.74, 6) is -1.94. The Kier molecular flexibility index (Phi) is 5.49. The van der Waals surface area contributed by atoms with Crippen molar-refractivity contribution in [1.29, 1.82) is 5.26 Å². The first-order chi connectivity index (χ1) is 7.01. The zero-order chi connectivity index (χ0) is 11.8. The fourth-order valence-electron chi connectivity index (χ4n) is 0.576. The maximum absolute atomic E-state index is 12.4. The van der Waals surface area contributed by atoms with Gasteiger partial charge in [-0.25, -0.2) is 4.39 Å². The molecule has 0 saturated heterocycles. The normalized spacial score (nSPS) is 8.33. The molecule has 0 aromatic heterocycles. The van der Waals surface area contributed by atoms with Crippen LogP contribution >= 0.6 is 0 Å². The molecule has 15 heavy (non-hydrogen) atoms. The number of aromatic hydroxyl groups is 1. The lowest BCUT2D eigenvalue weighted by atomic mass is 10.2. The van der Waals surface area contributed by atoms with Crippen LogP contribution in [0.5, 0.6) is 5.75 Å². The first-order valence-corrected chi connectivity index (χ1v) is 4.11. The maximum Gasteiger partial charge on any atom is 0.303 e. The van der Waals surface area contributed by atoms with Crippen molar-refractivity contribution in [3.05, 3.63) is 29.6 Å². The third-order valence-electron chi connectivity index (χ3n) is 1.38. The molecule has 0 amide bonds. The smallest absolute Gasteiger partial charge is 0.303 e. The number of carbonyl (C=O) groups is 1. The summed E-state index contributed by atoms with van der Waals surface area (Å²) in [5.41, 5.74) is 0.204. The molecular weight excluding hydrogens is 201 g/mol. The predicted molar refractivity (Wildman–Crippen MR) is 50.7 cm³/mol. The highest BCUT2D eigenvalue weighted by molar-refractivity contribution is 5.66. The van der Waals surface area contributed by atoms with Gasteiger partial charge in [-0.15, -0.1) is 0 Å². The number of rotatable bonds is 1. The molecule has 0 saturated carbocycles.